The molecule has 2 amide bonds. The first-order valence-electron chi connectivity index (χ1n) is 9.71. The van der Waals surface area contributed by atoms with Crippen LogP contribution in [0.3, 0.4) is 0 Å². The topological polar surface area (TPSA) is 132 Å². The van der Waals surface area contributed by atoms with Gasteiger partial charge in [-0.05, 0) is 31.1 Å². The van der Waals surface area contributed by atoms with Gasteiger partial charge in [0, 0.05) is 62.9 Å². The molecule has 0 fully saturated rings. The molecular formula is C21H25N5O4. The van der Waals surface area contributed by atoms with Crippen molar-refractivity contribution in [2.45, 2.75) is 19.4 Å². The number of fused-ring (bicyclic) bond motifs is 1. The van der Waals surface area contributed by atoms with E-state index in [1.807, 2.05) is 10.6 Å². The Morgan fingerprint density at radius 1 is 1.27 bits per heavy atom. The summed E-state index contributed by atoms with van der Waals surface area (Å²) in [5.41, 5.74) is 1.25. The number of nitrogens with one attached hydrogen (secondary N) is 2. The van der Waals surface area contributed by atoms with Crippen molar-refractivity contribution in [3.8, 4) is 0 Å². The van der Waals surface area contributed by atoms with Crippen LogP contribution in [0.15, 0.2) is 42.4 Å². The van der Waals surface area contributed by atoms with Gasteiger partial charge < -0.3 is 19.7 Å². The van der Waals surface area contributed by atoms with Crippen LogP contribution in [0.25, 0.3) is 16.6 Å². The van der Waals surface area contributed by atoms with Crippen molar-refractivity contribution in [3.63, 3.8) is 0 Å². The van der Waals surface area contributed by atoms with E-state index in [4.69, 9.17) is 15.6 Å². The fourth-order valence-corrected chi connectivity index (χ4v) is 3.38. The molecule has 1 aliphatic rings. The van der Waals surface area contributed by atoms with Crippen LogP contribution >= 0.6 is 0 Å². The molecule has 0 saturated heterocycles. The molecule has 0 bridgehead atoms. The van der Waals surface area contributed by atoms with Gasteiger partial charge in [0.15, 0.2) is 0 Å². The molecule has 0 atom stereocenters. The molecule has 3 heterocycles. The van der Waals surface area contributed by atoms with Crippen LogP contribution in [-0.4, -0.2) is 69.0 Å². The highest BCUT2D eigenvalue weighted by Gasteiger charge is 2.34. The predicted molar refractivity (Wildman–Crippen MR) is 113 cm³/mol. The molecule has 0 unspecified atom stereocenters. The Morgan fingerprint density at radius 3 is 2.77 bits per heavy atom. The third-order valence-electron chi connectivity index (χ3n) is 4.83. The van der Waals surface area contributed by atoms with E-state index < -0.39 is 11.8 Å². The van der Waals surface area contributed by atoms with Gasteiger partial charge in [0.2, 0.25) is 0 Å². The second-order valence-electron chi connectivity index (χ2n) is 7.01. The zero-order valence-corrected chi connectivity index (χ0v) is 16.8. The van der Waals surface area contributed by atoms with Crippen LogP contribution in [0.1, 0.15) is 18.4 Å². The molecule has 30 heavy (non-hydrogen) atoms. The third-order valence-corrected chi connectivity index (χ3v) is 4.83. The van der Waals surface area contributed by atoms with E-state index in [0.29, 0.717) is 42.5 Å². The standard InChI is InChI=1S/C21H25N5O4/c1-25(8-3-11-27)10-6-16(22)18-17(20(29)24-21(18)30)15-13-26(9-4-12-28)19-14(15)5-2-7-23-19/h2,5-7,10,13,22,27-28H,3-4,8-9,11-12H2,1H3,(H,24,29,30)/b10-6-,22-16?. The lowest BCUT2D eigenvalue weighted by molar-refractivity contribution is -0.123. The minimum absolute atomic E-state index is 0.0110. The van der Waals surface area contributed by atoms with Crippen LogP contribution in [0.5, 0.6) is 0 Å². The second-order valence-corrected chi connectivity index (χ2v) is 7.01. The first-order chi connectivity index (χ1) is 14.5. The van der Waals surface area contributed by atoms with Gasteiger partial charge in [0.1, 0.15) is 5.65 Å². The molecule has 0 spiro atoms. The molecule has 3 rings (SSSR count). The Bertz CT molecular complexity index is 1040. The Kier molecular flexibility index (Phi) is 6.76. The predicted octanol–water partition coefficient (Wildman–Crippen LogP) is 0.676. The zero-order valence-electron chi connectivity index (χ0n) is 16.8. The van der Waals surface area contributed by atoms with E-state index in [9.17, 15) is 9.59 Å². The maximum Gasteiger partial charge on any atom is 0.261 e. The number of hydrogen-bond donors (Lipinski definition) is 4. The molecule has 9 nitrogen and oxygen atoms in total. The number of aliphatic hydroxyl groups is 2. The minimum atomic E-state index is -0.609. The number of carbonyl (C=O) groups excluding carboxylic acids is 2. The number of nitrogens with zero attached hydrogens (tertiary/aromatic N) is 3. The lowest BCUT2D eigenvalue weighted by atomic mass is 9.98. The van der Waals surface area contributed by atoms with Crippen molar-refractivity contribution < 1.29 is 19.8 Å². The van der Waals surface area contributed by atoms with Gasteiger partial charge >= 0.3 is 0 Å². The smallest absolute Gasteiger partial charge is 0.261 e. The maximum absolute atomic E-state index is 12.6. The third kappa shape index (κ3) is 4.32. The minimum Gasteiger partial charge on any atom is -0.396 e. The van der Waals surface area contributed by atoms with E-state index in [1.54, 1.807) is 36.6 Å². The number of amides is 2. The first-order valence-corrected chi connectivity index (χ1v) is 9.71. The Labute approximate surface area is 173 Å². The molecule has 2 aromatic rings. The van der Waals surface area contributed by atoms with Crippen molar-refractivity contribution >= 4 is 34.1 Å². The molecule has 2 aromatic heterocycles. The van der Waals surface area contributed by atoms with Crippen LogP contribution in [-0.2, 0) is 16.1 Å². The average Bonchev–Trinajstić information content (AvgIpc) is 3.25. The summed E-state index contributed by atoms with van der Waals surface area (Å²) < 4.78 is 1.84. The SMILES string of the molecule is CN(/C=C\C(=N)C1=C(c2cn(CCCO)c3ncccc23)C(=O)NC1=O)CCCO. The number of aromatic nitrogens is 2. The van der Waals surface area contributed by atoms with Crippen LogP contribution < -0.4 is 5.32 Å². The van der Waals surface area contributed by atoms with Gasteiger partial charge in [-0.1, -0.05) is 0 Å². The second kappa shape index (κ2) is 9.47. The van der Waals surface area contributed by atoms with E-state index in [1.165, 1.54) is 6.08 Å². The number of pyridine rings is 1. The number of imide groups is 1. The Morgan fingerprint density at radius 2 is 2.03 bits per heavy atom. The number of carbonyl (C=O) groups is 2. The number of hydrogen-bond acceptors (Lipinski definition) is 7. The fourth-order valence-electron chi connectivity index (χ4n) is 3.38. The van der Waals surface area contributed by atoms with Crippen molar-refractivity contribution in [1.82, 2.24) is 19.8 Å². The molecule has 9 heteroatoms. The van der Waals surface area contributed by atoms with E-state index >= 15 is 0 Å². The summed E-state index contributed by atoms with van der Waals surface area (Å²) in [6.07, 6.45) is 7.60. The summed E-state index contributed by atoms with van der Waals surface area (Å²) in [6.45, 7) is 1.20. The molecular weight excluding hydrogens is 386 g/mol. The molecule has 1 aliphatic heterocycles. The Balaban J connectivity index is 2.04. The van der Waals surface area contributed by atoms with Crippen molar-refractivity contribution in [3.05, 3.63) is 47.9 Å². The van der Waals surface area contributed by atoms with Crippen molar-refractivity contribution in [2.75, 3.05) is 26.8 Å². The molecule has 4 N–H and O–H groups in total. The largest absolute Gasteiger partial charge is 0.396 e. The highest BCUT2D eigenvalue weighted by atomic mass is 16.3. The fraction of sp³-hybridized carbons (Fsp3) is 0.333. The summed E-state index contributed by atoms with van der Waals surface area (Å²) in [4.78, 5) is 31.3. The molecule has 0 aromatic carbocycles. The van der Waals surface area contributed by atoms with Crippen LogP contribution in [0, 0.1) is 5.41 Å². The van der Waals surface area contributed by atoms with Gasteiger partial charge in [-0.3, -0.25) is 20.3 Å². The summed E-state index contributed by atoms with van der Waals surface area (Å²) in [6, 6.07) is 3.56. The highest BCUT2D eigenvalue weighted by Crippen LogP contribution is 2.32. The first kappa shape index (κ1) is 21.4. The van der Waals surface area contributed by atoms with Crippen LogP contribution in [0.4, 0.5) is 0 Å². The van der Waals surface area contributed by atoms with Crippen molar-refractivity contribution in [1.29, 1.82) is 5.41 Å². The summed E-state index contributed by atoms with van der Waals surface area (Å²) in [7, 11) is 1.80. The normalized spacial score (nSPS) is 14.2. The number of aryl methyl sites for hydroxylation is 1. The maximum atomic E-state index is 12.6. The molecule has 158 valence electrons. The quantitative estimate of drug-likeness (QED) is 0.336. The van der Waals surface area contributed by atoms with Gasteiger partial charge in [-0.2, -0.15) is 0 Å². The number of allylic oxidation sites excluding steroid dienone is 1. The van der Waals surface area contributed by atoms with Crippen LogP contribution in [0.2, 0.25) is 0 Å². The Hall–Kier alpha value is -3.30. The monoisotopic (exact) mass is 411 g/mol. The molecule has 0 aliphatic carbocycles. The zero-order chi connectivity index (χ0) is 21.7. The lowest BCUT2D eigenvalue weighted by Gasteiger charge is -2.12. The summed E-state index contributed by atoms with van der Waals surface area (Å²) in [5, 5.41) is 29.5. The van der Waals surface area contributed by atoms with Gasteiger partial charge in [-0.25, -0.2) is 4.98 Å². The van der Waals surface area contributed by atoms with E-state index in [2.05, 4.69) is 10.3 Å². The van der Waals surface area contributed by atoms with Gasteiger partial charge in [0.25, 0.3) is 11.8 Å². The van der Waals surface area contributed by atoms with Gasteiger partial charge in [-0.15, -0.1) is 0 Å². The number of aliphatic hydroxyl groups excluding tert-OH is 2. The van der Waals surface area contributed by atoms with Gasteiger partial charge in [0.05, 0.1) is 16.9 Å². The van der Waals surface area contributed by atoms with E-state index in [0.717, 1.165) is 0 Å². The lowest BCUT2D eigenvalue weighted by Crippen LogP contribution is -2.24. The molecule has 0 saturated carbocycles. The summed E-state index contributed by atoms with van der Waals surface area (Å²) in [5.74, 6) is -1.16. The van der Waals surface area contributed by atoms with Crippen molar-refractivity contribution in [2.24, 2.45) is 0 Å². The molecule has 0 radical (unpaired) electrons. The summed E-state index contributed by atoms with van der Waals surface area (Å²) >= 11 is 0. The highest BCUT2D eigenvalue weighted by molar-refractivity contribution is 6.46. The number of rotatable bonds is 10. The average molecular weight is 411 g/mol. The van der Waals surface area contributed by atoms with E-state index in [-0.39, 0.29) is 30.1 Å².